The molecule has 0 aromatic carbocycles. The zero-order chi connectivity index (χ0) is 13.8. The normalized spacial score (nSPS) is 12.9. The zero-order valence-corrected chi connectivity index (χ0v) is 12.0. The lowest BCUT2D eigenvalue weighted by Gasteiger charge is -2.24. The summed E-state index contributed by atoms with van der Waals surface area (Å²) in [5.74, 6) is 0. The molecular formula is C14H21N5. The molecule has 5 heteroatoms. The Balaban J connectivity index is 1.98. The number of hydrogen-bond donors (Lipinski definition) is 1. The van der Waals surface area contributed by atoms with Gasteiger partial charge in [-0.1, -0.05) is 0 Å². The molecule has 1 atom stereocenters. The van der Waals surface area contributed by atoms with Crippen molar-refractivity contribution in [2.75, 3.05) is 7.05 Å². The second-order valence-corrected chi connectivity index (χ2v) is 5.08. The van der Waals surface area contributed by atoms with Gasteiger partial charge < -0.3 is 0 Å². The Labute approximate surface area is 114 Å². The van der Waals surface area contributed by atoms with Crippen molar-refractivity contribution in [2.45, 2.75) is 39.8 Å². The fraction of sp³-hybridized carbons (Fsp3) is 0.500. The number of likely N-dealkylation sites (N-methyl/N-ethyl adjacent to an activating group) is 1. The van der Waals surface area contributed by atoms with E-state index < -0.39 is 0 Å². The van der Waals surface area contributed by atoms with E-state index in [-0.39, 0.29) is 0 Å². The number of aromatic nitrogens is 4. The van der Waals surface area contributed by atoms with E-state index in [1.165, 1.54) is 5.56 Å². The molecule has 0 radical (unpaired) electrons. The predicted octanol–water partition coefficient (Wildman–Crippen LogP) is 1.88. The first kappa shape index (κ1) is 13.7. The first-order chi connectivity index (χ1) is 9.08. The third kappa shape index (κ3) is 3.38. The van der Waals surface area contributed by atoms with Crippen molar-refractivity contribution in [3.63, 3.8) is 0 Å². The molecule has 0 aliphatic carbocycles. The fourth-order valence-corrected chi connectivity index (χ4v) is 2.11. The van der Waals surface area contributed by atoms with E-state index in [9.17, 15) is 0 Å². The molecule has 102 valence electrons. The summed E-state index contributed by atoms with van der Waals surface area (Å²) in [6, 6.07) is 0.408. The van der Waals surface area contributed by atoms with E-state index in [2.05, 4.69) is 46.0 Å². The second kappa shape index (κ2) is 5.93. The summed E-state index contributed by atoms with van der Waals surface area (Å²) in [5, 5.41) is 7.27. The van der Waals surface area contributed by atoms with Gasteiger partial charge in [-0.15, -0.1) is 0 Å². The quantitative estimate of drug-likeness (QED) is 0.890. The Morgan fingerprint density at radius 1 is 1.32 bits per heavy atom. The summed E-state index contributed by atoms with van der Waals surface area (Å²) >= 11 is 0. The first-order valence-corrected chi connectivity index (χ1v) is 6.53. The van der Waals surface area contributed by atoms with Crippen LogP contribution in [0, 0.1) is 13.8 Å². The molecule has 2 aromatic rings. The molecule has 2 aromatic heterocycles. The lowest BCUT2D eigenvalue weighted by atomic mass is 10.1. The number of hydrogen-bond acceptors (Lipinski definition) is 4. The average molecular weight is 259 g/mol. The molecule has 0 saturated carbocycles. The molecule has 0 unspecified atom stereocenters. The molecular weight excluding hydrogens is 238 g/mol. The van der Waals surface area contributed by atoms with Gasteiger partial charge in [-0.2, -0.15) is 5.10 Å². The molecule has 5 nitrogen and oxygen atoms in total. The van der Waals surface area contributed by atoms with Crippen LogP contribution in [0.3, 0.4) is 0 Å². The Morgan fingerprint density at radius 3 is 2.68 bits per heavy atom. The summed E-state index contributed by atoms with van der Waals surface area (Å²) in [6.45, 7) is 7.21. The van der Waals surface area contributed by atoms with Crippen molar-refractivity contribution in [1.29, 1.82) is 0 Å². The van der Waals surface area contributed by atoms with Gasteiger partial charge in [0.2, 0.25) is 0 Å². The maximum absolute atomic E-state index is 4.33. The summed E-state index contributed by atoms with van der Waals surface area (Å²) in [4.78, 5) is 10.7. The van der Waals surface area contributed by atoms with Gasteiger partial charge in [-0.25, -0.2) is 0 Å². The molecule has 0 amide bonds. The molecule has 0 spiro atoms. The molecule has 0 aliphatic rings. The highest BCUT2D eigenvalue weighted by Crippen LogP contribution is 2.14. The Kier molecular flexibility index (Phi) is 4.27. The van der Waals surface area contributed by atoms with Gasteiger partial charge in [0.05, 0.1) is 11.4 Å². The van der Waals surface area contributed by atoms with E-state index in [0.717, 1.165) is 30.0 Å². The van der Waals surface area contributed by atoms with Crippen LogP contribution in [0.25, 0.3) is 0 Å². The minimum atomic E-state index is 0.408. The Bertz CT molecular complexity index is 500. The molecule has 2 heterocycles. The summed E-state index contributed by atoms with van der Waals surface area (Å²) < 4.78 is 0. The molecule has 0 aliphatic heterocycles. The van der Waals surface area contributed by atoms with Crippen LogP contribution in [0.2, 0.25) is 0 Å². The molecule has 2 rings (SSSR count). The third-order valence-electron chi connectivity index (χ3n) is 3.56. The van der Waals surface area contributed by atoms with E-state index in [1.54, 1.807) is 12.4 Å². The SMILES string of the molecule is Cc1n[nH]c(C)c1CN(C)[C@H](C)Cc1cnccn1. The van der Waals surface area contributed by atoms with Crippen LogP contribution in [0.4, 0.5) is 0 Å². The average Bonchev–Trinajstić information content (AvgIpc) is 2.71. The number of nitrogens with zero attached hydrogens (tertiary/aromatic N) is 4. The monoisotopic (exact) mass is 259 g/mol. The van der Waals surface area contributed by atoms with Crippen molar-refractivity contribution in [1.82, 2.24) is 25.1 Å². The highest BCUT2D eigenvalue weighted by Gasteiger charge is 2.14. The largest absolute Gasteiger partial charge is 0.299 e. The lowest BCUT2D eigenvalue weighted by Crippen LogP contribution is -2.31. The topological polar surface area (TPSA) is 57.7 Å². The van der Waals surface area contributed by atoms with Gasteiger partial charge in [0.15, 0.2) is 0 Å². The van der Waals surface area contributed by atoms with E-state index in [1.807, 2.05) is 13.1 Å². The number of aryl methyl sites for hydroxylation is 2. The van der Waals surface area contributed by atoms with Crippen LogP contribution < -0.4 is 0 Å². The van der Waals surface area contributed by atoms with Gasteiger partial charge in [0, 0.05) is 48.9 Å². The molecule has 0 bridgehead atoms. The van der Waals surface area contributed by atoms with E-state index in [4.69, 9.17) is 0 Å². The van der Waals surface area contributed by atoms with Crippen LogP contribution in [-0.2, 0) is 13.0 Å². The van der Waals surface area contributed by atoms with Crippen molar-refractivity contribution < 1.29 is 0 Å². The minimum Gasteiger partial charge on any atom is -0.299 e. The number of rotatable bonds is 5. The van der Waals surface area contributed by atoms with Gasteiger partial charge >= 0.3 is 0 Å². The summed E-state index contributed by atoms with van der Waals surface area (Å²) in [6.07, 6.45) is 6.18. The Hall–Kier alpha value is -1.75. The van der Waals surface area contributed by atoms with Crippen molar-refractivity contribution >= 4 is 0 Å². The summed E-state index contributed by atoms with van der Waals surface area (Å²) in [7, 11) is 2.13. The van der Waals surface area contributed by atoms with E-state index >= 15 is 0 Å². The number of nitrogens with one attached hydrogen (secondary N) is 1. The first-order valence-electron chi connectivity index (χ1n) is 6.53. The fourth-order valence-electron chi connectivity index (χ4n) is 2.11. The van der Waals surface area contributed by atoms with Crippen LogP contribution in [-0.4, -0.2) is 38.2 Å². The molecule has 1 N–H and O–H groups in total. The number of H-pyrrole nitrogens is 1. The van der Waals surface area contributed by atoms with Crippen LogP contribution in [0.5, 0.6) is 0 Å². The van der Waals surface area contributed by atoms with E-state index in [0.29, 0.717) is 6.04 Å². The lowest BCUT2D eigenvalue weighted by molar-refractivity contribution is 0.246. The minimum absolute atomic E-state index is 0.408. The summed E-state index contributed by atoms with van der Waals surface area (Å²) in [5.41, 5.74) is 4.54. The van der Waals surface area contributed by atoms with Crippen molar-refractivity contribution in [2.24, 2.45) is 0 Å². The maximum atomic E-state index is 4.33. The van der Waals surface area contributed by atoms with Crippen LogP contribution >= 0.6 is 0 Å². The van der Waals surface area contributed by atoms with Gasteiger partial charge in [0.1, 0.15) is 0 Å². The molecule has 0 fully saturated rings. The highest BCUT2D eigenvalue weighted by atomic mass is 15.2. The molecule has 0 saturated heterocycles. The maximum Gasteiger partial charge on any atom is 0.0639 e. The van der Waals surface area contributed by atoms with Crippen molar-refractivity contribution in [3.8, 4) is 0 Å². The molecule has 19 heavy (non-hydrogen) atoms. The van der Waals surface area contributed by atoms with Gasteiger partial charge in [-0.3, -0.25) is 20.0 Å². The standard InChI is InChI=1S/C14H21N5/c1-10(7-13-8-15-5-6-16-13)19(4)9-14-11(2)17-18-12(14)3/h5-6,8,10H,7,9H2,1-4H3,(H,17,18)/t10-/m1/s1. The predicted molar refractivity (Wildman–Crippen MR) is 74.7 cm³/mol. The highest BCUT2D eigenvalue weighted by molar-refractivity contribution is 5.22. The third-order valence-corrected chi connectivity index (χ3v) is 3.56. The van der Waals surface area contributed by atoms with Crippen molar-refractivity contribution in [3.05, 3.63) is 41.2 Å². The number of aromatic amines is 1. The zero-order valence-electron chi connectivity index (χ0n) is 12.0. The van der Waals surface area contributed by atoms with Crippen LogP contribution in [0.15, 0.2) is 18.6 Å². The van der Waals surface area contributed by atoms with Gasteiger partial charge in [0.25, 0.3) is 0 Å². The van der Waals surface area contributed by atoms with Crippen LogP contribution in [0.1, 0.15) is 29.6 Å². The Morgan fingerprint density at radius 2 is 2.11 bits per heavy atom. The second-order valence-electron chi connectivity index (χ2n) is 5.08. The van der Waals surface area contributed by atoms with Gasteiger partial charge in [-0.05, 0) is 27.8 Å². The smallest absolute Gasteiger partial charge is 0.0639 e.